The first-order valence-corrected chi connectivity index (χ1v) is 7.68. The van der Waals surface area contributed by atoms with Crippen molar-refractivity contribution in [3.63, 3.8) is 0 Å². The fourth-order valence-corrected chi connectivity index (χ4v) is 2.78. The van der Waals surface area contributed by atoms with Crippen molar-refractivity contribution in [2.45, 2.75) is 42.1 Å². The zero-order valence-corrected chi connectivity index (χ0v) is 12.0. The fourth-order valence-electron chi connectivity index (χ4n) is 1.97. The van der Waals surface area contributed by atoms with Crippen molar-refractivity contribution in [2.24, 2.45) is 0 Å². The summed E-state index contributed by atoms with van der Waals surface area (Å²) < 4.78 is 0. The zero-order chi connectivity index (χ0) is 13.1. The molecule has 0 aromatic heterocycles. The largest absolute Gasteiger partial charge is 0.310 e. The van der Waals surface area contributed by atoms with Gasteiger partial charge in [0, 0.05) is 22.4 Å². The van der Waals surface area contributed by atoms with Crippen molar-refractivity contribution >= 4 is 11.8 Å². The van der Waals surface area contributed by atoms with Crippen molar-refractivity contribution in [3.8, 4) is 0 Å². The molecule has 2 aromatic rings. The summed E-state index contributed by atoms with van der Waals surface area (Å²) in [6.45, 7) is 3.12. The average Bonchev–Trinajstić information content (AvgIpc) is 3.25. The lowest BCUT2D eigenvalue weighted by molar-refractivity contribution is 0.687. The lowest BCUT2D eigenvalue weighted by Crippen LogP contribution is -2.14. The second kappa shape index (κ2) is 5.81. The molecule has 3 rings (SSSR count). The van der Waals surface area contributed by atoms with Gasteiger partial charge in [-0.3, -0.25) is 0 Å². The molecule has 0 heterocycles. The first-order valence-electron chi connectivity index (χ1n) is 6.86. The van der Waals surface area contributed by atoms with Gasteiger partial charge in [-0.05, 0) is 49.6 Å². The smallest absolute Gasteiger partial charge is 0.0208 e. The molecule has 0 saturated heterocycles. The van der Waals surface area contributed by atoms with Crippen LogP contribution in [0, 0.1) is 6.92 Å². The van der Waals surface area contributed by atoms with Gasteiger partial charge in [-0.2, -0.15) is 0 Å². The van der Waals surface area contributed by atoms with Gasteiger partial charge < -0.3 is 5.32 Å². The molecule has 1 saturated carbocycles. The van der Waals surface area contributed by atoms with Crippen LogP contribution in [0.4, 0.5) is 0 Å². The third kappa shape index (κ3) is 3.85. The molecule has 0 radical (unpaired) electrons. The summed E-state index contributed by atoms with van der Waals surface area (Å²) >= 11 is 1.82. The average molecular weight is 269 g/mol. The third-order valence-corrected chi connectivity index (χ3v) is 4.37. The van der Waals surface area contributed by atoms with Crippen molar-refractivity contribution in [1.29, 1.82) is 0 Å². The third-order valence-electron chi connectivity index (χ3n) is 3.35. The van der Waals surface area contributed by atoms with Crippen LogP contribution in [0.5, 0.6) is 0 Å². The molecule has 2 aromatic carbocycles. The number of hydrogen-bond donors (Lipinski definition) is 1. The van der Waals surface area contributed by atoms with Gasteiger partial charge in [0.15, 0.2) is 0 Å². The molecule has 0 bridgehead atoms. The van der Waals surface area contributed by atoms with Gasteiger partial charge >= 0.3 is 0 Å². The fraction of sp³-hybridized carbons (Fsp3) is 0.294. The van der Waals surface area contributed by atoms with E-state index in [9.17, 15) is 0 Å². The standard InChI is InChI=1S/C17H19NS/c1-13-2-8-16(9-3-13)19-17-10-4-14(5-11-17)12-18-15-6-7-15/h2-5,8-11,15,18H,6-7,12H2,1H3. The summed E-state index contributed by atoms with van der Waals surface area (Å²) in [6, 6.07) is 18.4. The van der Waals surface area contributed by atoms with E-state index in [4.69, 9.17) is 0 Å². The second-order valence-corrected chi connectivity index (χ2v) is 6.36. The van der Waals surface area contributed by atoms with Crippen LogP contribution in [-0.4, -0.2) is 6.04 Å². The summed E-state index contributed by atoms with van der Waals surface area (Å²) in [7, 11) is 0. The van der Waals surface area contributed by atoms with Crippen molar-refractivity contribution in [2.75, 3.05) is 0 Å². The Morgan fingerprint density at radius 2 is 1.53 bits per heavy atom. The minimum Gasteiger partial charge on any atom is -0.310 e. The van der Waals surface area contributed by atoms with Crippen LogP contribution in [0.15, 0.2) is 58.3 Å². The van der Waals surface area contributed by atoms with Crippen LogP contribution in [-0.2, 0) is 6.54 Å². The van der Waals surface area contributed by atoms with Gasteiger partial charge in [-0.25, -0.2) is 0 Å². The van der Waals surface area contributed by atoms with Gasteiger partial charge in [-0.1, -0.05) is 41.6 Å². The molecular formula is C17H19NS. The first kappa shape index (κ1) is 12.8. The van der Waals surface area contributed by atoms with E-state index in [1.165, 1.54) is 33.8 Å². The Kier molecular flexibility index (Phi) is 3.90. The number of hydrogen-bond acceptors (Lipinski definition) is 2. The van der Waals surface area contributed by atoms with E-state index in [0.29, 0.717) is 0 Å². The van der Waals surface area contributed by atoms with E-state index in [1.54, 1.807) is 0 Å². The number of rotatable bonds is 5. The zero-order valence-electron chi connectivity index (χ0n) is 11.2. The molecule has 0 spiro atoms. The summed E-state index contributed by atoms with van der Waals surface area (Å²) in [5.74, 6) is 0. The molecule has 1 aliphatic rings. The highest BCUT2D eigenvalue weighted by atomic mass is 32.2. The van der Waals surface area contributed by atoms with Crippen molar-refractivity contribution in [1.82, 2.24) is 5.32 Å². The van der Waals surface area contributed by atoms with E-state index in [0.717, 1.165) is 12.6 Å². The van der Waals surface area contributed by atoms with Crippen molar-refractivity contribution < 1.29 is 0 Å². The normalized spacial score (nSPS) is 14.6. The number of aryl methyl sites for hydroxylation is 1. The van der Waals surface area contributed by atoms with Crippen LogP contribution in [0.1, 0.15) is 24.0 Å². The molecule has 1 N–H and O–H groups in total. The highest BCUT2D eigenvalue weighted by Crippen LogP contribution is 2.28. The van der Waals surface area contributed by atoms with E-state index >= 15 is 0 Å². The Morgan fingerprint density at radius 3 is 2.11 bits per heavy atom. The Labute approximate surface area is 119 Å². The highest BCUT2D eigenvalue weighted by molar-refractivity contribution is 7.99. The Hall–Kier alpha value is -1.25. The summed E-state index contributed by atoms with van der Waals surface area (Å²) in [5.41, 5.74) is 2.69. The molecule has 1 aliphatic carbocycles. The molecule has 1 fully saturated rings. The molecule has 0 unspecified atom stereocenters. The van der Waals surface area contributed by atoms with Gasteiger partial charge in [0.1, 0.15) is 0 Å². The Bertz CT molecular complexity index is 526. The van der Waals surface area contributed by atoms with Crippen LogP contribution < -0.4 is 5.32 Å². The summed E-state index contributed by atoms with van der Waals surface area (Å²) in [5, 5.41) is 3.54. The summed E-state index contributed by atoms with van der Waals surface area (Å²) in [6.07, 6.45) is 2.70. The predicted molar refractivity (Wildman–Crippen MR) is 81.6 cm³/mol. The quantitative estimate of drug-likeness (QED) is 0.863. The van der Waals surface area contributed by atoms with Crippen LogP contribution >= 0.6 is 11.8 Å². The number of benzene rings is 2. The van der Waals surface area contributed by atoms with Crippen LogP contribution in [0.2, 0.25) is 0 Å². The lowest BCUT2D eigenvalue weighted by atomic mass is 10.2. The van der Waals surface area contributed by atoms with E-state index < -0.39 is 0 Å². The topological polar surface area (TPSA) is 12.0 Å². The second-order valence-electron chi connectivity index (χ2n) is 5.21. The number of nitrogens with one attached hydrogen (secondary N) is 1. The van der Waals surface area contributed by atoms with Gasteiger partial charge in [0.2, 0.25) is 0 Å². The van der Waals surface area contributed by atoms with E-state index in [2.05, 4.69) is 60.8 Å². The van der Waals surface area contributed by atoms with Crippen molar-refractivity contribution in [3.05, 3.63) is 59.7 Å². The molecule has 2 heteroatoms. The summed E-state index contributed by atoms with van der Waals surface area (Å²) in [4.78, 5) is 2.61. The lowest BCUT2D eigenvalue weighted by Gasteiger charge is -2.05. The van der Waals surface area contributed by atoms with E-state index in [-0.39, 0.29) is 0 Å². The van der Waals surface area contributed by atoms with Gasteiger partial charge in [0.25, 0.3) is 0 Å². The highest BCUT2D eigenvalue weighted by Gasteiger charge is 2.19. The molecule has 0 atom stereocenters. The minimum atomic E-state index is 0.779. The van der Waals surface area contributed by atoms with Gasteiger partial charge in [0.05, 0.1) is 0 Å². The SMILES string of the molecule is Cc1ccc(Sc2ccc(CNC3CC3)cc2)cc1. The molecule has 0 aliphatic heterocycles. The van der Waals surface area contributed by atoms with Crippen LogP contribution in [0.25, 0.3) is 0 Å². The van der Waals surface area contributed by atoms with Gasteiger partial charge in [-0.15, -0.1) is 0 Å². The Balaban J connectivity index is 1.59. The Morgan fingerprint density at radius 1 is 0.947 bits per heavy atom. The molecule has 0 amide bonds. The monoisotopic (exact) mass is 269 g/mol. The first-order chi connectivity index (χ1) is 9.29. The predicted octanol–water partition coefficient (Wildman–Crippen LogP) is 4.40. The maximum Gasteiger partial charge on any atom is 0.0208 e. The minimum absolute atomic E-state index is 0.779. The van der Waals surface area contributed by atoms with Crippen LogP contribution in [0.3, 0.4) is 0 Å². The molecule has 1 nitrogen and oxygen atoms in total. The molecule has 98 valence electrons. The molecule has 19 heavy (non-hydrogen) atoms. The maximum absolute atomic E-state index is 3.54. The van der Waals surface area contributed by atoms with E-state index in [1.807, 2.05) is 11.8 Å². The molecular weight excluding hydrogens is 250 g/mol. The maximum atomic E-state index is 3.54.